The molecule has 5 aliphatic carbocycles. The zero-order chi connectivity index (χ0) is 17.9. The summed E-state index contributed by atoms with van der Waals surface area (Å²) in [6.07, 6.45) is 7.81. The molecule has 4 bridgehead atoms. The van der Waals surface area contributed by atoms with E-state index in [2.05, 4.69) is 15.5 Å². The van der Waals surface area contributed by atoms with Crippen LogP contribution in [-0.4, -0.2) is 27.6 Å². The molecule has 0 spiro atoms. The largest absolute Gasteiger partial charge is 0.457 e. The molecule has 0 aliphatic heterocycles. The van der Waals surface area contributed by atoms with Crippen LogP contribution in [0.2, 0.25) is 0 Å². The van der Waals surface area contributed by atoms with Crippen LogP contribution in [-0.2, 0) is 20.9 Å². The van der Waals surface area contributed by atoms with Crippen molar-refractivity contribution < 1.29 is 18.8 Å². The highest BCUT2D eigenvalue weighted by Gasteiger charge is 2.61. The minimum atomic E-state index is -0.463. The van der Waals surface area contributed by atoms with Gasteiger partial charge in [0.1, 0.15) is 0 Å². The summed E-state index contributed by atoms with van der Waals surface area (Å²) in [6, 6.07) is 0. The van der Waals surface area contributed by atoms with Gasteiger partial charge in [-0.1, -0.05) is 5.16 Å². The summed E-state index contributed by atoms with van der Waals surface area (Å²) in [6.45, 7) is 1.64. The summed E-state index contributed by atoms with van der Waals surface area (Å²) in [7, 11) is 0. The Hall–Kier alpha value is -1.92. The van der Waals surface area contributed by atoms with Crippen LogP contribution in [0.15, 0.2) is 4.52 Å². The first-order valence-electron chi connectivity index (χ1n) is 9.74. The highest BCUT2D eigenvalue weighted by molar-refractivity contribution is 5.79. The van der Waals surface area contributed by atoms with Gasteiger partial charge in [0.15, 0.2) is 6.61 Å². The molecule has 5 saturated carbocycles. The fourth-order valence-electron chi connectivity index (χ4n) is 6.13. The Bertz CT molecular complexity index is 740. The normalized spacial score (nSPS) is 37.6. The van der Waals surface area contributed by atoms with E-state index in [0.717, 1.165) is 38.5 Å². The molecule has 2 unspecified atom stereocenters. The van der Waals surface area contributed by atoms with Crippen molar-refractivity contribution in [3.05, 3.63) is 11.7 Å². The lowest BCUT2D eigenvalue weighted by atomic mass is 9.47. The average molecular weight is 359 g/mol. The molecule has 5 aliphatic rings. The van der Waals surface area contributed by atoms with Crippen molar-refractivity contribution in [2.75, 3.05) is 0 Å². The first-order chi connectivity index (χ1) is 12.5. The highest BCUT2D eigenvalue weighted by Crippen LogP contribution is 2.62. The standard InChI is InChI=1S/C19H25N3O4/c1-11(23)21-19-7-12-4-13(8-19)6-18(5-12,10-19)17(24)25-9-15-20-16(26-22-15)14-2-3-14/h12-14H,2-10H2,1H3,(H,21,23). The van der Waals surface area contributed by atoms with Gasteiger partial charge in [0.25, 0.3) is 0 Å². The summed E-state index contributed by atoms with van der Waals surface area (Å²) in [5.74, 6) is 2.35. The third-order valence-electron chi connectivity index (χ3n) is 6.68. The van der Waals surface area contributed by atoms with Crippen molar-refractivity contribution in [1.29, 1.82) is 0 Å². The SMILES string of the molecule is CC(=O)NC12CC3CC(C1)CC(C(=O)OCc1noc(C4CC4)n1)(C3)C2. The molecular weight excluding hydrogens is 334 g/mol. The Morgan fingerprint density at radius 1 is 1.23 bits per heavy atom. The van der Waals surface area contributed by atoms with Gasteiger partial charge in [0.2, 0.25) is 17.6 Å². The van der Waals surface area contributed by atoms with Gasteiger partial charge in [-0.15, -0.1) is 0 Å². The predicted molar refractivity (Wildman–Crippen MR) is 89.7 cm³/mol. The minimum Gasteiger partial charge on any atom is -0.457 e. The van der Waals surface area contributed by atoms with Crippen molar-refractivity contribution in [2.45, 2.75) is 76.4 Å². The molecular formula is C19H25N3O4. The van der Waals surface area contributed by atoms with Crippen LogP contribution < -0.4 is 5.32 Å². The molecule has 0 saturated heterocycles. The molecule has 1 amide bonds. The molecule has 140 valence electrons. The third-order valence-corrected chi connectivity index (χ3v) is 6.68. The fraction of sp³-hybridized carbons (Fsp3) is 0.789. The number of nitrogens with one attached hydrogen (secondary N) is 1. The van der Waals surface area contributed by atoms with Gasteiger partial charge in [-0.3, -0.25) is 9.59 Å². The average Bonchev–Trinajstić information content (AvgIpc) is 3.29. The van der Waals surface area contributed by atoms with E-state index >= 15 is 0 Å². The maximum Gasteiger partial charge on any atom is 0.312 e. The quantitative estimate of drug-likeness (QED) is 0.812. The molecule has 6 rings (SSSR count). The number of hydrogen-bond donors (Lipinski definition) is 1. The Balaban J connectivity index is 1.30. The van der Waals surface area contributed by atoms with E-state index in [1.165, 1.54) is 6.42 Å². The number of ether oxygens (including phenoxy) is 1. The maximum atomic E-state index is 13.0. The van der Waals surface area contributed by atoms with Crippen LogP contribution in [0.3, 0.4) is 0 Å². The Labute approximate surface area is 152 Å². The molecule has 7 heteroatoms. The van der Waals surface area contributed by atoms with Crippen LogP contribution in [0.25, 0.3) is 0 Å². The van der Waals surface area contributed by atoms with E-state index < -0.39 is 5.41 Å². The number of carbonyl (C=O) groups is 2. The van der Waals surface area contributed by atoms with E-state index in [1.807, 2.05) is 0 Å². The Kier molecular flexibility index (Phi) is 3.46. The summed E-state index contributed by atoms with van der Waals surface area (Å²) in [5.41, 5.74) is -0.685. The lowest BCUT2D eigenvalue weighted by Crippen LogP contribution is -2.64. The molecule has 5 fully saturated rings. The van der Waals surface area contributed by atoms with E-state index in [-0.39, 0.29) is 24.0 Å². The number of hydrogen-bond acceptors (Lipinski definition) is 6. The molecule has 0 aromatic carbocycles. The second-order valence-electron chi connectivity index (χ2n) is 9.10. The number of rotatable bonds is 5. The summed E-state index contributed by atoms with van der Waals surface area (Å²) in [4.78, 5) is 29.1. The summed E-state index contributed by atoms with van der Waals surface area (Å²) in [5, 5.41) is 7.11. The Morgan fingerprint density at radius 2 is 1.96 bits per heavy atom. The van der Waals surface area contributed by atoms with Crippen molar-refractivity contribution in [1.82, 2.24) is 15.5 Å². The molecule has 0 radical (unpaired) electrons. The summed E-state index contributed by atoms with van der Waals surface area (Å²) < 4.78 is 10.9. The number of carbonyl (C=O) groups excluding carboxylic acids is 2. The summed E-state index contributed by atoms with van der Waals surface area (Å²) >= 11 is 0. The second kappa shape index (κ2) is 5.54. The highest BCUT2D eigenvalue weighted by atomic mass is 16.5. The van der Waals surface area contributed by atoms with Crippen molar-refractivity contribution in [2.24, 2.45) is 17.3 Å². The van der Waals surface area contributed by atoms with Crippen molar-refractivity contribution in [3.63, 3.8) is 0 Å². The zero-order valence-electron chi connectivity index (χ0n) is 15.1. The zero-order valence-corrected chi connectivity index (χ0v) is 15.1. The molecule has 1 N–H and O–H groups in total. The van der Waals surface area contributed by atoms with Gasteiger partial charge in [0.05, 0.1) is 5.41 Å². The minimum absolute atomic E-state index is 0.00475. The maximum absolute atomic E-state index is 13.0. The van der Waals surface area contributed by atoms with E-state index in [9.17, 15) is 9.59 Å². The topological polar surface area (TPSA) is 94.3 Å². The number of amides is 1. The van der Waals surface area contributed by atoms with Gasteiger partial charge in [-0.25, -0.2) is 0 Å². The van der Waals surface area contributed by atoms with Crippen molar-refractivity contribution in [3.8, 4) is 0 Å². The van der Waals surface area contributed by atoms with Gasteiger partial charge >= 0.3 is 5.97 Å². The first kappa shape index (κ1) is 16.3. The van der Waals surface area contributed by atoms with Gasteiger partial charge < -0.3 is 14.6 Å². The van der Waals surface area contributed by atoms with Crippen LogP contribution in [0.5, 0.6) is 0 Å². The molecule has 1 heterocycles. The smallest absolute Gasteiger partial charge is 0.312 e. The Morgan fingerprint density at radius 3 is 2.62 bits per heavy atom. The predicted octanol–water partition coefficient (Wildman–Crippen LogP) is 2.47. The lowest BCUT2D eigenvalue weighted by Gasteiger charge is -2.60. The van der Waals surface area contributed by atoms with E-state index in [0.29, 0.717) is 35.9 Å². The van der Waals surface area contributed by atoms with Gasteiger partial charge in [-0.05, 0) is 63.2 Å². The van der Waals surface area contributed by atoms with Crippen LogP contribution >= 0.6 is 0 Å². The molecule has 26 heavy (non-hydrogen) atoms. The number of aromatic nitrogens is 2. The second-order valence-corrected chi connectivity index (χ2v) is 9.10. The van der Waals surface area contributed by atoms with Crippen LogP contribution in [0.1, 0.15) is 75.9 Å². The third kappa shape index (κ3) is 2.72. The molecule has 1 aromatic heterocycles. The monoisotopic (exact) mass is 359 g/mol. The first-order valence-corrected chi connectivity index (χ1v) is 9.74. The van der Waals surface area contributed by atoms with Crippen LogP contribution in [0.4, 0.5) is 0 Å². The van der Waals surface area contributed by atoms with Crippen LogP contribution in [0, 0.1) is 17.3 Å². The molecule has 7 nitrogen and oxygen atoms in total. The van der Waals surface area contributed by atoms with Crippen molar-refractivity contribution >= 4 is 11.9 Å². The van der Waals surface area contributed by atoms with E-state index in [4.69, 9.17) is 9.26 Å². The number of nitrogens with zero attached hydrogens (tertiary/aromatic N) is 2. The molecule has 2 atom stereocenters. The lowest BCUT2D eigenvalue weighted by molar-refractivity contribution is -0.177. The van der Waals surface area contributed by atoms with Gasteiger partial charge in [-0.2, -0.15) is 4.98 Å². The fourth-order valence-corrected chi connectivity index (χ4v) is 6.13. The van der Waals surface area contributed by atoms with Gasteiger partial charge in [0, 0.05) is 18.4 Å². The molecule has 1 aromatic rings. The van der Waals surface area contributed by atoms with E-state index in [1.54, 1.807) is 6.92 Å². The number of esters is 1.